The van der Waals surface area contributed by atoms with E-state index in [0.29, 0.717) is 0 Å². The van der Waals surface area contributed by atoms with Crippen LogP contribution < -0.4 is 10.1 Å². The van der Waals surface area contributed by atoms with E-state index >= 15 is 0 Å². The lowest BCUT2D eigenvalue weighted by Crippen LogP contribution is -2.10. The molecule has 1 aliphatic carbocycles. The fourth-order valence-corrected chi connectivity index (χ4v) is 3.27. The van der Waals surface area contributed by atoms with E-state index in [9.17, 15) is 0 Å². The van der Waals surface area contributed by atoms with Crippen LogP contribution in [0.4, 0.5) is 5.69 Å². The van der Waals surface area contributed by atoms with Crippen LogP contribution in [0.15, 0.2) is 24.3 Å². The zero-order chi connectivity index (χ0) is 15.5. The van der Waals surface area contributed by atoms with Crippen LogP contribution >= 0.6 is 0 Å². The molecule has 2 heteroatoms. The van der Waals surface area contributed by atoms with Crippen LogP contribution in [0.1, 0.15) is 71.1 Å². The second-order valence-corrected chi connectivity index (χ2v) is 6.65. The van der Waals surface area contributed by atoms with E-state index in [1.54, 1.807) is 0 Å². The largest absolute Gasteiger partial charge is 0.494 e. The maximum Gasteiger partial charge on any atom is 0.119 e. The molecule has 1 saturated carbocycles. The Morgan fingerprint density at radius 2 is 1.77 bits per heavy atom. The van der Waals surface area contributed by atoms with Crippen LogP contribution in [-0.2, 0) is 0 Å². The summed E-state index contributed by atoms with van der Waals surface area (Å²) in [7, 11) is 0. The van der Waals surface area contributed by atoms with Gasteiger partial charge >= 0.3 is 0 Å². The Labute approximate surface area is 136 Å². The minimum Gasteiger partial charge on any atom is -0.494 e. The molecule has 124 valence electrons. The van der Waals surface area contributed by atoms with E-state index < -0.39 is 0 Å². The number of anilines is 1. The van der Waals surface area contributed by atoms with Gasteiger partial charge in [-0.25, -0.2) is 0 Å². The molecule has 1 aromatic carbocycles. The summed E-state index contributed by atoms with van der Waals surface area (Å²) in [5.74, 6) is 1.91. The Hall–Kier alpha value is -1.18. The van der Waals surface area contributed by atoms with Crippen LogP contribution in [0.3, 0.4) is 0 Å². The molecular weight excluding hydrogens is 270 g/mol. The predicted octanol–water partition coefficient (Wildman–Crippen LogP) is 6.03. The summed E-state index contributed by atoms with van der Waals surface area (Å²) in [6.07, 6.45) is 13.5. The van der Waals surface area contributed by atoms with Gasteiger partial charge in [-0.1, -0.05) is 58.3 Å². The van der Waals surface area contributed by atoms with Gasteiger partial charge in [0.25, 0.3) is 0 Å². The number of rotatable bonds is 10. The molecule has 1 fully saturated rings. The molecule has 1 N–H and O–H groups in total. The van der Waals surface area contributed by atoms with Crippen molar-refractivity contribution < 1.29 is 4.74 Å². The topological polar surface area (TPSA) is 21.3 Å². The first kappa shape index (κ1) is 17.2. The van der Waals surface area contributed by atoms with Gasteiger partial charge in [0, 0.05) is 12.2 Å². The summed E-state index contributed by atoms with van der Waals surface area (Å²) in [4.78, 5) is 0. The van der Waals surface area contributed by atoms with E-state index in [4.69, 9.17) is 4.74 Å². The fraction of sp³-hybridized carbons (Fsp3) is 0.700. The van der Waals surface area contributed by atoms with E-state index in [1.807, 2.05) is 0 Å². The summed E-state index contributed by atoms with van der Waals surface area (Å²) >= 11 is 0. The summed E-state index contributed by atoms with van der Waals surface area (Å²) in [5, 5.41) is 3.48. The molecule has 0 saturated heterocycles. The molecule has 2 nitrogen and oxygen atoms in total. The molecule has 0 radical (unpaired) electrons. The van der Waals surface area contributed by atoms with Gasteiger partial charge in [0.15, 0.2) is 0 Å². The smallest absolute Gasteiger partial charge is 0.119 e. The van der Waals surface area contributed by atoms with Crippen LogP contribution in [0.25, 0.3) is 0 Å². The molecule has 0 heterocycles. The van der Waals surface area contributed by atoms with Gasteiger partial charge in [-0.2, -0.15) is 0 Å². The van der Waals surface area contributed by atoms with Gasteiger partial charge < -0.3 is 10.1 Å². The molecule has 0 amide bonds. The van der Waals surface area contributed by atoms with Crippen molar-refractivity contribution in [1.29, 1.82) is 0 Å². The molecule has 0 unspecified atom stereocenters. The average Bonchev–Trinajstić information content (AvgIpc) is 2.57. The number of ether oxygens (including phenoxy) is 1. The number of unbranched alkanes of at least 4 members (excludes halogenated alkanes) is 3. The molecule has 0 bridgehead atoms. The molecule has 22 heavy (non-hydrogen) atoms. The van der Waals surface area contributed by atoms with Crippen molar-refractivity contribution in [3.63, 3.8) is 0 Å². The average molecular weight is 303 g/mol. The van der Waals surface area contributed by atoms with Crippen molar-refractivity contribution in [3.8, 4) is 5.75 Å². The van der Waals surface area contributed by atoms with Crippen molar-refractivity contribution >= 4 is 5.69 Å². The zero-order valence-corrected chi connectivity index (χ0v) is 14.3. The van der Waals surface area contributed by atoms with Gasteiger partial charge in [-0.3, -0.25) is 0 Å². The Kier molecular flexibility index (Phi) is 8.22. The molecule has 0 atom stereocenters. The Balaban J connectivity index is 1.59. The number of benzene rings is 1. The van der Waals surface area contributed by atoms with E-state index in [2.05, 4.69) is 36.5 Å². The summed E-state index contributed by atoms with van der Waals surface area (Å²) in [6.45, 7) is 4.19. The molecule has 0 spiro atoms. The number of nitrogens with one attached hydrogen (secondary N) is 1. The van der Waals surface area contributed by atoms with Crippen molar-refractivity contribution in [2.45, 2.75) is 71.1 Å². The first-order valence-corrected chi connectivity index (χ1v) is 9.35. The maximum absolute atomic E-state index is 5.89. The monoisotopic (exact) mass is 303 g/mol. The highest BCUT2D eigenvalue weighted by Gasteiger charge is 2.12. The van der Waals surface area contributed by atoms with Crippen molar-refractivity contribution in [2.75, 3.05) is 18.5 Å². The third-order valence-corrected chi connectivity index (χ3v) is 4.73. The lowest BCUT2D eigenvalue weighted by atomic mass is 9.87. The molecule has 1 aromatic rings. The molecule has 0 aromatic heterocycles. The minimum absolute atomic E-state index is 0.870. The van der Waals surface area contributed by atoms with Crippen LogP contribution in [0.5, 0.6) is 5.75 Å². The highest BCUT2D eigenvalue weighted by molar-refractivity contribution is 5.46. The number of hydrogen-bond donors (Lipinski definition) is 1. The Morgan fingerprint density at radius 1 is 1.00 bits per heavy atom. The Bertz CT molecular complexity index is 381. The van der Waals surface area contributed by atoms with Gasteiger partial charge in [0.2, 0.25) is 0 Å². The zero-order valence-electron chi connectivity index (χ0n) is 14.3. The molecular formula is C20H33NO. The molecule has 0 aliphatic heterocycles. The summed E-state index contributed by atoms with van der Waals surface area (Å²) in [5.41, 5.74) is 1.20. The molecule has 1 aliphatic rings. The standard InChI is InChI=1S/C20H33NO/c1-2-3-4-8-16-21-19-11-13-20(14-12-19)22-17-15-18-9-6-5-7-10-18/h11-14,18,21H,2-10,15-17H2,1H3. The van der Waals surface area contributed by atoms with Crippen molar-refractivity contribution in [1.82, 2.24) is 0 Å². The maximum atomic E-state index is 5.89. The van der Waals surface area contributed by atoms with E-state index in [0.717, 1.165) is 24.8 Å². The third kappa shape index (κ3) is 6.72. The lowest BCUT2D eigenvalue weighted by molar-refractivity contribution is 0.246. The second-order valence-electron chi connectivity index (χ2n) is 6.65. The summed E-state index contributed by atoms with van der Waals surface area (Å²) < 4.78 is 5.89. The normalized spacial score (nSPS) is 15.7. The number of hydrogen-bond acceptors (Lipinski definition) is 2. The quantitative estimate of drug-likeness (QED) is 0.533. The lowest BCUT2D eigenvalue weighted by Gasteiger charge is -2.21. The van der Waals surface area contributed by atoms with Crippen LogP contribution in [0.2, 0.25) is 0 Å². The first-order chi connectivity index (χ1) is 10.9. The van der Waals surface area contributed by atoms with E-state index in [-0.39, 0.29) is 0 Å². The van der Waals surface area contributed by atoms with Gasteiger partial charge in [0.1, 0.15) is 5.75 Å². The third-order valence-electron chi connectivity index (χ3n) is 4.73. The van der Waals surface area contributed by atoms with E-state index in [1.165, 1.54) is 69.9 Å². The second kappa shape index (κ2) is 10.5. The van der Waals surface area contributed by atoms with Crippen molar-refractivity contribution in [3.05, 3.63) is 24.3 Å². The van der Waals surface area contributed by atoms with Gasteiger partial charge in [0.05, 0.1) is 6.61 Å². The van der Waals surface area contributed by atoms with Crippen LogP contribution in [0, 0.1) is 5.92 Å². The fourth-order valence-electron chi connectivity index (χ4n) is 3.27. The van der Waals surface area contributed by atoms with Gasteiger partial charge in [-0.05, 0) is 43.0 Å². The van der Waals surface area contributed by atoms with Gasteiger partial charge in [-0.15, -0.1) is 0 Å². The van der Waals surface area contributed by atoms with Crippen LogP contribution in [-0.4, -0.2) is 13.2 Å². The predicted molar refractivity (Wildman–Crippen MR) is 95.8 cm³/mol. The molecule has 2 rings (SSSR count). The highest BCUT2D eigenvalue weighted by Crippen LogP contribution is 2.26. The highest BCUT2D eigenvalue weighted by atomic mass is 16.5. The summed E-state index contributed by atoms with van der Waals surface area (Å²) in [6, 6.07) is 8.45. The van der Waals surface area contributed by atoms with Crippen molar-refractivity contribution in [2.24, 2.45) is 5.92 Å². The Morgan fingerprint density at radius 3 is 2.50 bits per heavy atom. The first-order valence-electron chi connectivity index (χ1n) is 9.35. The minimum atomic E-state index is 0.870. The SMILES string of the molecule is CCCCCCNc1ccc(OCCC2CCCCC2)cc1.